The van der Waals surface area contributed by atoms with E-state index in [1.165, 1.54) is 12.0 Å². The van der Waals surface area contributed by atoms with Gasteiger partial charge in [0.2, 0.25) is 5.91 Å². The number of rotatable bonds is 7. The number of anilines is 1. The maximum absolute atomic E-state index is 12.4. The van der Waals surface area contributed by atoms with E-state index in [0.29, 0.717) is 6.42 Å². The minimum absolute atomic E-state index is 0. The number of hydrogen-bond donors (Lipinski definition) is 2. The molecule has 0 bridgehead atoms. The van der Waals surface area contributed by atoms with Crippen LogP contribution in [0, 0.1) is 0 Å². The Morgan fingerprint density at radius 1 is 0.879 bits per heavy atom. The minimum atomic E-state index is -1.82. The molecule has 1 heterocycles. The molecule has 0 radical (unpaired) electrons. The predicted octanol–water partition coefficient (Wildman–Crippen LogP) is 1.93. The molecule has 2 aromatic rings. The van der Waals surface area contributed by atoms with Crippen LogP contribution in [-0.2, 0) is 20.9 Å². The van der Waals surface area contributed by atoms with Crippen LogP contribution in [0.5, 0.6) is 0 Å². The van der Waals surface area contributed by atoms with Crippen molar-refractivity contribution in [3.05, 3.63) is 66.2 Å². The first kappa shape index (κ1) is 27.8. The second-order valence-electron chi connectivity index (χ2n) is 7.50. The van der Waals surface area contributed by atoms with Gasteiger partial charge in [0.25, 0.3) is 0 Å². The topological polar surface area (TPSA) is 133 Å². The van der Waals surface area contributed by atoms with E-state index >= 15 is 0 Å². The van der Waals surface area contributed by atoms with Crippen molar-refractivity contribution in [2.75, 3.05) is 37.7 Å². The molecule has 1 saturated heterocycles. The molecule has 2 aromatic carbocycles. The van der Waals surface area contributed by atoms with E-state index in [2.05, 4.69) is 40.1 Å². The van der Waals surface area contributed by atoms with Crippen LogP contribution >= 0.6 is 0 Å². The zero-order valence-corrected chi connectivity index (χ0v) is 18.9. The Kier molecular flexibility index (Phi) is 12.4. The van der Waals surface area contributed by atoms with E-state index in [1.807, 2.05) is 42.2 Å². The van der Waals surface area contributed by atoms with Crippen molar-refractivity contribution in [3.63, 3.8) is 0 Å². The summed E-state index contributed by atoms with van der Waals surface area (Å²) in [4.78, 5) is 37.5. The highest BCUT2D eigenvalue weighted by Crippen LogP contribution is 2.16. The Morgan fingerprint density at radius 3 is 1.97 bits per heavy atom. The van der Waals surface area contributed by atoms with Crippen molar-refractivity contribution in [1.29, 1.82) is 0 Å². The zero-order valence-electron chi connectivity index (χ0n) is 18.9. The third-order valence-corrected chi connectivity index (χ3v) is 5.09. The second kappa shape index (κ2) is 14.7. The molecule has 0 aliphatic carbocycles. The van der Waals surface area contributed by atoms with Crippen molar-refractivity contribution >= 4 is 23.5 Å². The molecule has 1 amide bonds. The molecule has 0 spiro atoms. The van der Waals surface area contributed by atoms with Crippen molar-refractivity contribution in [2.24, 2.45) is 0 Å². The Balaban J connectivity index is 0.000000691. The van der Waals surface area contributed by atoms with Crippen LogP contribution in [0.2, 0.25) is 0 Å². The SMILES string of the molecule is CCC(=O)N(CCN1CCCN(Cc2ccccc2)C1)c1ccccc1.O.O=C(O)C(=O)O. The van der Waals surface area contributed by atoms with E-state index in [1.54, 1.807) is 0 Å². The maximum Gasteiger partial charge on any atom is 0.414 e. The fourth-order valence-corrected chi connectivity index (χ4v) is 3.53. The van der Waals surface area contributed by atoms with Gasteiger partial charge in [-0.1, -0.05) is 55.5 Å². The number of para-hydroxylation sites is 1. The van der Waals surface area contributed by atoms with Crippen LogP contribution in [0.4, 0.5) is 5.69 Å². The van der Waals surface area contributed by atoms with Gasteiger partial charge >= 0.3 is 11.9 Å². The van der Waals surface area contributed by atoms with Crippen LogP contribution in [0.15, 0.2) is 60.7 Å². The smallest absolute Gasteiger partial charge is 0.414 e. The molecule has 9 nitrogen and oxygen atoms in total. The van der Waals surface area contributed by atoms with Gasteiger partial charge in [-0.15, -0.1) is 0 Å². The summed E-state index contributed by atoms with van der Waals surface area (Å²) >= 11 is 0. The first-order valence-electron chi connectivity index (χ1n) is 10.7. The molecular weight excluding hydrogens is 426 g/mol. The van der Waals surface area contributed by atoms with Gasteiger partial charge in [0, 0.05) is 44.8 Å². The quantitative estimate of drug-likeness (QED) is 0.604. The number of aliphatic carboxylic acids is 2. The molecular formula is C24H33N3O6. The largest absolute Gasteiger partial charge is 0.473 e. The van der Waals surface area contributed by atoms with Gasteiger partial charge in [0.15, 0.2) is 0 Å². The summed E-state index contributed by atoms with van der Waals surface area (Å²) < 4.78 is 0. The lowest BCUT2D eigenvalue weighted by atomic mass is 10.2. The normalized spacial score (nSPS) is 13.7. The highest BCUT2D eigenvalue weighted by Gasteiger charge is 2.20. The predicted molar refractivity (Wildman–Crippen MR) is 126 cm³/mol. The highest BCUT2D eigenvalue weighted by atomic mass is 16.4. The lowest BCUT2D eigenvalue weighted by Gasteiger charge is -2.36. The van der Waals surface area contributed by atoms with Crippen molar-refractivity contribution < 1.29 is 30.1 Å². The van der Waals surface area contributed by atoms with Crippen LogP contribution < -0.4 is 4.90 Å². The fourth-order valence-electron chi connectivity index (χ4n) is 3.53. The van der Waals surface area contributed by atoms with E-state index in [4.69, 9.17) is 19.8 Å². The monoisotopic (exact) mass is 459 g/mol. The molecule has 3 rings (SSSR count). The van der Waals surface area contributed by atoms with Crippen molar-refractivity contribution in [3.8, 4) is 0 Å². The van der Waals surface area contributed by atoms with Crippen molar-refractivity contribution in [1.82, 2.24) is 9.80 Å². The molecule has 1 fully saturated rings. The minimum Gasteiger partial charge on any atom is -0.473 e. The Labute approximate surface area is 194 Å². The Hall–Kier alpha value is -3.27. The van der Waals surface area contributed by atoms with E-state index in [0.717, 1.165) is 45.1 Å². The third-order valence-electron chi connectivity index (χ3n) is 5.09. The molecule has 9 heteroatoms. The highest BCUT2D eigenvalue weighted by molar-refractivity contribution is 6.27. The number of amides is 1. The standard InChI is InChI=1S/C22H29N3O.C2H2O4.H2O/c1-2-22(26)25(21-12-7-4-8-13-21)17-16-23-14-9-15-24(19-23)18-20-10-5-3-6-11-20;3-1(4)2(5)6;/h3-8,10-13H,2,9,14-19H2,1H3;(H,3,4)(H,5,6);1H2. The number of carboxylic acid groups (broad SMARTS) is 2. The lowest BCUT2D eigenvalue weighted by molar-refractivity contribution is -0.159. The van der Waals surface area contributed by atoms with Gasteiger partial charge in [-0.3, -0.25) is 14.6 Å². The number of carbonyl (C=O) groups excluding carboxylic acids is 1. The summed E-state index contributed by atoms with van der Waals surface area (Å²) in [6.07, 6.45) is 1.72. The Morgan fingerprint density at radius 2 is 1.42 bits per heavy atom. The van der Waals surface area contributed by atoms with Gasteiger partial charge in [-0.25, -0.2) is 9.59 Å². The van der Waals surface area contributed by atoms with E-state index < -0.39 is 11.9 Å². The number of carbonyl (C=O) groups is 3. The van der Waals surface area contributed by atoms with Gasteiger partial charge in [0.05, 0.1) is 6.67 Å². The second-order valence-corrected chi connectivity index (χ2v) is 7.50. The number of benzene rings is 2. The van der Waals surface area contributed by atoms with Gasteiger partial charge < -0.3 is 20.6 Å². The van der Waals surface area contributed by atoms with Gasteiger partial charge in [0.1, 0.15) is 0 Å². The number of carboxylic acids is 2. The van der Waals surface area contributed by atoms with E-state index in [9.17, 15) is 4.79 Å². The summed E-state index contributed by atoms with van der Waals surface area (Å²) in [5.41, 5.74) is 2.36. The average Bonchev–Trinajstić information content (AvgIpc) is 2.81. The lowest BCUT2D eigenvalue weighted by Crippen LogP contribution is -2.47. The number of hydrogen-bond acceptors (Lipinski definition) is 5. The van der Waals surface area contributed by atoms with Gasteiger partial charge in [-0.05, 0) is 24.1 Å². The summed E-state index contributed by atoms with van der Waals surface area (Å²) in [6.45, 7) is 7.80. The van der Waals surface area contributed by atoms with Crippen LogP contribution in [0.25, 0.3) is 0 Å². The molecule has 1 aliphatic rings. The van der Waals surface area contributed by atoms with Crippen LogP contribution in [0.3, 0.4) is 0 Å². The summed E-state index contributed by atoms with van der Waals surface area (Å²) in [6, 6.07) is 20.7. The zero-order chi connectivity index (χ0) is 23.3. The van der Waals surface area contributed by atoms with Crippen LogP contribution in [0.1, 0.15) is 25.3 Å². The molecule has 0 saturated carbocycles. The summed E-state index contributed by atoms with van der Waals surface area (Å²) in [5.74, 6) is -3.46. The Bertz CT molecular complexity index is 851. The number of nitrogens with zero attached hydrogens (tertiary/aromatic N) is 3. The van der Waals surface area contributed by atoms with Crippen LogP contribution in [-0.4, -0.2) is 76.2 Å². The molecule has 1 aliphatic heterocycles. The third kappa shape index (κ3) is 9.82. The molecule has 4 N–H and O–H groups in total. The van der Waals surface area contributed by atoms with Crippen molar-refractivity contribution in [2.45, 2.75) is 26.3 Å². The fraction of sp³-hybridized carbons (Fsp3) is 0.375. The molecule has 0 unspecified atom stereocenters. The molecule has 180 valence electrons. The summed E-state index contributed by atoms with van der Waals surface area (Å²) in [5, 5.41) is 14.8. The first-order chi connectivity index (χ1) is 15.4. The molecule has 0 atom stereocenters. The summed E-state index contributed by atoms with van der Waals surface area (Å²) in [7, 11) is 0. The van der Waals surface area contributed by atoms with Gasteiger partial charge in [-0.2, -0.15) is 0 Å². The first-order valence-corrected chi connectivity index (χ1v) is 10.7. The molecule has 0 aromatic heterocycles. The maximum atomic E-state index is 12.4. The average molecular weight is 460 g/mol. The van der Waals surface area contributed by atoms with E-state index in [-0.39, 0.29) is 11.4 Å². The molecule has 33 heavy (non-hydrogen) atoms.